The summed E-state index contributed by atoms with van der Waals surface area (Å²) in [6.45, 7) is 5.63. The Bertz CT molecular complexity index is 465. The molecule has 6 heteroatoms. The molecule has 1 aromatic rings. The van der Waals surface area contributed by atoms with Gasteiger partial charge in [0, 0.05) is 24.0 Å². The van der Waals surface area contributed by atoms with E-state index in [1.807, 2.05) is 19.1 Å². The fourth-order valence-corrected chi connectivity index (χ4v) is 4.07. The van der Waals surface area contributed by atoms with Gasteiger partial charge in [0.2, 0.25) is 5.91 Å². The molecule has 4 nitrogen and oxygen atoms in total. The maximum absolute atomic E-state index is 12.1. The Morgan fingerprint density at radius 1 is 1.55 bits per heavy atom. The van der Waals surface area contributed by atoms with Crippen molar-refractivity contribution in [2.45, 2.75) is 44.8 Å². The number of hydrogen-bond acceptors (Lipinski definition) is 4. The summed E-state index contributed by atoms with van der Waals surface area (Å²) >= 11 is 7.63. The van der Waals surface area contributed by atoms with Crippen LogP contribution >= 0.6 is 22.9 Å². The van der Waals surface area contributed by atoms with Crippen LogP contribution in [-0.4, -0.2) is 36.0 Å². The number of nitrogens with one attached hydrogen (secondary N) is 1. The lowest BCUT2D eigenvalue weighted by Gasteiger charge is -2.42. The smallest absolute Gasteiger partial charge is 0.237 e. The first kappa shape index (κ1) is 15.8. The van der Waals surface area contributed by atoms with Crippen molar-refractivity contribution >= 4 is 28.8 Å². The molecule has 0 saturated carbocycles. The summed E-state index contributed by atoms with van der Waals surface area (Å²) in [7, 11) is 0. The monoisotopic (exact) mass is 315 g/mol. The highest BCUT2D eigenvalue weighted by molar-refractivity contribution is 7.16. The summed E-state index contributed by atoms with van der Waals surface area (Å²) in [6.07, 6.45) is 1.66. The summed E-state index contributed by atoms with van der Waals surface area (Å²) in [5.41, 5.74) is 6.34. The fraction of sp³-hybridized carbons (Fsp3) is 0.643. The molecule has 1 amide bonds. The van der Waals surface area contributed by atoms with Crippen molar-refractivity contribution in [1.29, 1.82) is 0 Å². The minimum Gasteiger partial charge on any atom is -0.353 e. The number of carbonyl (C=O) groups excluding carboxylic acids is 1. The number of rotatable bonds is 5. The number of piperazine rings is 1. The number of nitrogens with two attached hydrogens (primary N) is 1. The van der Waals surface area contributed by atoms with Crippen LogP contribution in [0.25, 0.3) is 0 Å². The zero-order valence-electron chi connectivity index (χ0n) is 11.9. The quantitative estimate of drug-likeness (QED) is 0.877. The number of nitrogens with zero attached hydrogens (tertiary/aromatic N) is 1. The average molecular weight is 316 g/mol. The summed E-state index contributed by atoms with van der Waals surface area (Å²) in [4.78, 5) is 15.5. The van der Waals surface area contributed by atoms with Gasteiger partial charge in [-0.05, 0) is 25.0 Å². The van der Waals surface area contributed by atoms with E-state index in [0.29, 0.717) is 6.54 Å². The van der Waals surface area contributed by atoms with Gasteiger partial charge in [-0.3, -0.25) is 9.69 Å². The lowest BCUT2D eigenvalue weighted by Crippen LogP contribution is -2.58. The second kappa shape index (κ2) is 6.89. The molecule has 1 saturated heterocycles. The van der Waals surface area contributed by atoms with E-state index in [-0.39, 0.29) is 24.0 Å². The molecule has 0 bridgehead atoms. The molecule has 3 atom stereocenters. The SMILES string of the molecule is CCC(N)C(c1ccc(Cl)s1)N1CCNC(=O)C1CC. The van der Waals surface area contributed by atoms with E-state index in [2.05, 4.69) is 17.1 Å². The maximum Gasteiger partial charge on any atom is 0.237 e. The maximum atomic E-state index is 12.1. The van der Waals surface area contributed by atoms with Gasteiger partial charge in [-0.1, -0.05) is 25.4 Å². The molecule has 0 spiro atoms. The van der Waals surface area contributed by atoms with Crippen molar-refractivity contribution < 1.29 is 4.79 Å². The minimum atomic E-state index is -0.104. The number of hydrogen-bond donors (Lipinski definition) is 2. The Labute approximate surface area is 129 Å². The van der Waals surface area contributed by atoms with E-state index in [1.165, 1.54) is 0 Å². The van der Waals surface area contributed by atoms with Crippen molar-refractivity contribution in [2.24, 2.45) is 5.73 Å². The highest BCUT2D eigenvalue weighted by Gasteiger charge is 2.36. The lowest BCUT2D eigenvalue weighted by molar-refractivity contribution is -0.130. The fourth-order valence-electron chi connectivity index (χ4n) is 2.82. The number of amides is 1. The van der Waals surface area contributed by atoms with Crippen LogP contribution < -0.4 is 11.1 Å². The summed E-state index contributed by atoms with van der Waals surface area (Å²) in [6, 6.07) is 3.90. The van der Waals surface area contributed by atoms with E-state index >= 15 is 0 Å². The van der Waals surface area contributed by atoms with Crippen molar-refractivity contribution in [3.05, 3.63) is 21.3 Å². The topological polar surface area (TPSA) is 58.4 Å². The third-order valence-corrected chi connectivity index (χ3v) is 5.18. The van der Waals surface area contributed by atoms with Gasteiger partial charge in [-0.15, -0.1) is 11.3 Å². The predicted molar refractivity (Wildman–Crippen MR) is 84.1 cm³/mol. The van der Waals surface area contributed by atoms with Gasteiger partial charge < -0.3 is 11.1 Å². The van der Waals surface area contributed by atoms with E-state index in [0.717, 1.165) is 28.6 Å². The second-order valence-corrected chi connectivity index (χ2v) is 6.86. The lowest BCUT2D eigenvalue weighted by atomic mass is 9.98. The zero-order valence-corrected chi connectivity index (χ0v) is 13.5. The van der Waals surface area contributed by atoms with Gasteiger partial charge in [-0.25, -0.2) is 0 Å². The molecule has 20 heavy (non-hydrogen) atoms. The van der Waals surface area contributed by atoms with E-state index in [1.54, 1.807) is 11.3 Å². The van der Waals surface area contributed by atoms with Crippen molar-refractivity contribution in [2.75, 3.05) is 13.1 Å². The molecule has 3 unspecified atom stereocenters. The molecular weight excluding hydrogens is 294 g/mol. The van der Waals surface area contributed by atoms with Crippen molar-refractivity contribution in [3.8, 4) is 0 Å². The molecule has 3 N–H and O–H groups in total. The van der Waals surface area contributed by atoms with Crippen molar-refractivity contribution in [3.63, 3.8) is 0 Å². The number of carbonyl (C=O) groups is 1. The first-order valence-corrected chi connectivity index (χ1v) is 8.32. The Morgan fingerprint density at radius 3 is 2.85 bits per heavy atom. The highest BCUT2D eigenvalue weighted by atomic mass is 35.5. The minimum absolute atomic E-state index is 0.00432. The predicted octanol–water partition coefficient (Wildman–Crippen LogP) is 2.39. The van der Waals surface area contributed by atoms with Crippen LogP contribution in [0.4, 0.5) is 0 Å². The summed E-state index contributed by atoms with van der Waals surface area (Å²) in [5.74, 6) is 0.106. The molecule has 2 heterocycles. The van der Waals surface area contributed by atoms with Crippen LogP contribution in [0.5, 0.6) is 0 Å². The van der Waals surface area contributed by atoms with Gasteiger partial charge in [0.05, 0.1) is 16.4 Å². The largest absolute Gasteiger partial charge is 0.353 e. The molecular formula is C14H22ClN3OS. The van der Waals surface area contributed by atoms with Crippen LogP contribution in [-0.2, 0) is 4.79 Å². The molecule has 1 aliphatic rings. The zero-order chi connectivity index (χ0) is 14.7. The molecule has 112 valence electrons. The van der Waals surface area contributed by atoms with Crippen molar-refractivity contribution in [1.82, 2.24) is 10.2 Å². The van der Waals surface area contributed by atoms with Gasteiger partial charge in [0.1, 0.15) is 0 Å². The third-order valence-electron chi connectivity index (χ3n) is 3.88. The molecule has 1 aromatic heterocycles. The molecule has 2 rings (SSSR count). The van der Waals surface area contributed by atoms with Crippen LogP contribution in [0.2, 0.25) is 4.34 Å². The first-order valence-electron chi connectivity index (χ1n) is 7.12. The Balaban J connectivity index is 2.32. The van der Waals surface area contributed by atoms with Gasteiger partial charge in [-0.2, -0.15) is 0 Å². The molecule has 1 aliphatic heterocycles. The third kappa shape index (κ3) is 3.17. The normalized spacial score (nSPS) is 23.4. The van der Waals surface area contributed by atoms with Crippen LogP contribution in [0.1, 0.15) is 37.6 Å². The van der Waals surface area contributed by atoms with Gasteiger partial charge >= 0.3 is 0 Å². The van der Waals surface area contributed by atoms with Crippen LogP contribution in [0.3, 0.4) is 0 Å². The van der Waals surface area contributed by atoms with Gasteiger partial charge in [0.15, 0.2) is 0 Å². The first-order chi connectivity index (χ1) is 9.58. The summed E-state index contributed by atoms with van der Waals surface area (Å²) in [5, 5.41) is 2.94. The molecule has 0 aromatic carbocycles. The number of halogens is 1. The van der Waals surface area contributed by atoms with Crippen LogP contribution in [0.15, 0.2) is 12.1 Å². The summed E-state index contributed by atoms with van der Waals surface area (Å²) < 4.78 is 0.766. The van der Waals surface area contributed by atoms with Gasteiger partial charge in [0.25, 0.3) is 0 Å². The van der Waals surface area contributed by atoms with Crippen LogP contribution in [0, 0.1) is 0 Å². The standard InChI is InChI=1S/C14H22ClN3OS/c1-3-9(16)13(11-5-6-12(15)20-11)18-8-7-17-14(19)10(18)4-2/h5-6,9-10,13H,3-4,7-8,16H2,1-2H3,(H,17,19). The van der Waals surface area contributed by atoms with E-state index in [9.17, 15) is 4.79 Å². The molecule has 1 fully saturated rings. The Hall–Kier alpha value is -0.620. The Morgan fingerprint density at radius 2 is 2.30 bits per heavy atom. The Kier molecular flexibility index (Phi) is 5.43. The van der Waals surface area contributed by atoms with E-state index < -0.39 is 0 Å². The highest BCUT2D eigenvalue weighted by Crippen LogP contribution is 2.35. The molecule has 0 aliphatic carbocycles. The second-order valence-electron chi connectivity index (χ2n) is 5.11. The van der Waals surface area contributed by atoms with E-state index in [4.69, 9.17) is 17.3 Å². The molecule has 0 radical (unpaired) electrons. The number of thiophene rings is 1. The average Bonchev–Trinajstić information content (AvgIpc) is 2.85.